The summed E-state index contributed by atoms with van der Waals surface area (Å²) in [6.45, 7) is 4.41. The van der Waals surface area contributed by atoms with Crippen LogP contribution in [0.15, 0.2) is 34.9 Å². The van der Waals surface area contributed by atoms with Gasteiger partial charge in [0, 0.05) is 22.8 Å². The van der Waals surface area contributed by atoms with Gasteiger partial charge in [-0.3, -0.25) is 0 Å². The first-order valence-corrected chi connectivity index (χ1v) is 7.38. The van der Waals surface area contributed by atoms with E-state index in [9.17, 15) is 14.4 Å². The third kappa shape index (κ3) is 8.28. The molecule has 0 aromatic carbocycles. The Bertz CT molecular complexity index is 572. The van der Waals surface area contributed by atoms with Crippen LogP contribution in [0, 0.1) is 0 Å². The monoisotopic (exact) mass is 339 g/mol. The van der Waals surface area contributed by atoms with Crippen LogP contribution in [0.5, 0.6) is 0 Å². The highest BCUT2D eigenvalue weighted by atomic mass is 16.5. The lowest BCUT2D eigenvalue weighted by Gasteiger charge is -2.20. The lowest BCUT2D eigenvalue weighted by atomic mass is 10.1. The molecule has 1 atom stereocenters. The SMILES string of the molecule is CC(=CCOC(=O)C(C)=CCC(C=C(C)C(=O)O)N(C)C)C(=O)O. The minimum Gasteiger partial charge on any atom is -0.478 e. The molecule has 0 saturated heterocycles. The first kappa shape index (κ1) is 21.6. The zero-order valence-electron chi connectivity index (χ0n) is 14.7. The van der Waals surface area contributed by atoms with Gasteiger partial charge >= 0.3 is 17.9 Å². The summed E-state index contributed by atoms with van der Waals surface area (Å²) in [5.41, 5.74) is 0.715. The topological polar surface area (TPSA) is 104 Å². The second-order valence-electron chi connectivity index (χ2n) is 5.60. The van der Waals surface area contributed by atoms with E-state index in [1.54, 1.807) is 19.1 Å². The van der Waals surface area contributed by atoms with Gasteiger partial charge < -0.3 is 19.8 Å². The molecule has 7 heteroatoms. The molecule has 0 aliphatic rings. The molecule has 0 aliphatic heterocycles. The summed E-state index contributed by atoms with van der Waals surface area (Å²) in [5.74, 6) is -2.59. The van der Waals surface area contributed by atoms with E-state index < -0.39 is 17.9 Å². The Morgan fingerprint density at radius 1 is 0.958 bits per heavy atom. The van der Waals surface area contributed by atoms with Gasteiger partial charge in [0.15, 0.2) is 0 Å². The molecule has 0 radical (unpaired) electrons. The van der Waals surface area contributed by atoms with Crippen molar-refractivity contribution in [2.24, 2.45) is 0 Å². The normalized spacial score (nSPS) is 14.5. The van der Waals surface area contributed by atoms with Crippen molar-refractivity contribution in [1.29, 1.82) is 0 Å². The van der Waals surface area contributed by atoms with Crippen molar-refractivity contribution in [3.63, 3.8) is 0 Å². The van der Waals surface area contributed by atoms with Crippen molar-refractivity contribution in [2.75, 3.05) is 20.7 Å². The van der Waals surface area contributed by atoms with Crippen LogP contribution in [0.1, 0.15) is 27.2 Å². The number of hydrogen-bond acceptors (Lipinski definition) is 5. The van der Waals surface area contributed by atoms with Crippen molar-refractivity contribution < 1.29 is 29.3 Å². The Kier molecular flexibility index (Phi) is 9.34. The molecule has 1 unspecified atom stereocenters. The number of aliphatic carboxylic acids is 2. The molecule has 2 N–H and O–H groups in total. The average molecular weight is 339 g/mol. The number of hydrogen-bond donors (Lipinski definition) is 2. The van der Waals surface area contributed by atoms with Gasteiger partial charge in [-0.1, -0.05) is 12.2 Å². The van der Waals surface area contributed by atoms with Crippen LogP contribution >= 0.6 is 0 Å². The summed E-state index contributed by atoms with van der Waals surface area (Å²) in [6, 6.07) is -0.169. The van der Waals surface area contributed by atoms with Gasteiger partial charge in [-0.15, -0.1) is 0 Å². The summed E-state index contributed by atoms with van der Waals surface area (Å²) >= 11 is 0. The van der Waals surface area contributed by atoms with E-state index in [0.29, 0.717) is 12.0 Å². The molecule has 0 aromatic rings. The highest BCUT2D eigenvalue weighted by molar-refractivity contribution is 5.88. The molecule has 0 amide bonds. The molecule has 0 spiro atoms. The highest BCUT2D eigenvalue weighted by Crippen LogP contribution is 2.10. The molecule has 0 bridgehead atoms. The van der Waals surface area contributed by atoms with E-state index in [1.165, 1.54) is 19.9 Å². The third-order valence-corrected chi connectivity index (χ3v) is 3.37. The summed E-state index contributed by atoms with van der Waals surface area (Å²) in [7, 11) is 3.63. The zero-order valence-corrected chi connectivity index (χ0v) is 14.7. The summed E-state index contributed by atoms with van der Waals surface area (Å²) in [6.07, 6.45) is 5.06. The van der Waals surface area contributed by atoms with Crippen molar-refractivity contribution in [3.8, 4) is 0 Å². The lowest BCUT2D eigenvalue weighted by Crippen LogP contribution is -2.26. The minimum absolute atomic E-state index is 0.103. The van der Waals surface area contributed by atoms with Gasteiger partial charge in [0.2, 0.25) is 0 Å². The summed E-state index contributed by atoms with van der Waals surface area (Å²) in [5, 5.41) is 17.6. The molecule has 0 heterocycles. The molecule has 24 heavy (non-hydrogen) atoms. The molecular weight excluding hydrogens is 314 g/mol. The van der Waals surface area contributed by atoms with Crippen LogP contribution in [0.25, 0.3) is 0 Å². The second kappa shape index (κ2) is 10.4. The number of likely N-dealkylation sites (N-methyl/N-ethyl adjacent to an activating group) is 1. The molecule has 0 aromatic heterocycles. The fourth-order valence-electron chi connectivity index (χ4n) is 1.61. The van der Waals surface area contributed by atoms with Crippen LogP contribution < -0.4 is 0 Å². The Morgan fingerprint density at radius 3 is 1.96 bits per heavy atom. The fourth-order valence-corrected chi connectivity index (χ4v) is 1.61. The van der Waals surface area contributed by atoms with Gasteiger partial charge in [0.1, 0.15) is 6.61 Å². The van der Waals surface area contributed by atoms with Crippen LogP contribution in [0.3, 0.4) is 0 Å². The molecule has 0 aliphatic carbocycles. The third-order valence-electron chi connectivity index (χ3n) is 3.37. The van der Waals surface area contributed by atoms with E-state index in [1.807, 2.05) is 19.0 Å². The number of rotatable bonds is 9. The predicted molar refractivity (Wildman–Crippen MR) is 89.6 cm³/mol. The molecule has 134 valence electrons. The highest BCUT2D eigenvalue weighted by Gasteiger charge is 2.12. The number of carbonyl (C=O) groups excluding carboxylic acids is 1. The van der Waals surface area contributed by atoms with Crippen LogP contribution in [-0.4, -0.2) is 59.8 Å². The lowest BCUT2D eigenvalue weighted by molar-refractivity contribution is -0.138. The standard InChI is InChI=1S/C17H25NO6/c1-11(15(19)20)8-9-24-17(23)12(2)6-7-14(18(4)5)10-13(3)16(21)22/h6,8,10,14H,7,9H2,1-5H3,(H,19,20)(H,21,22). The number of carbonyl (C=O) groups is 3. The Hall–Kier alpha value is -2.41. The van der Waals surface area contributed by atoms with Gasteiger partial charge in [0.05, 0.1) is 0 Å². The maximum Gasteiger partial charge on any atom is 0.333 e. The first-order valence-electron chi connectivity index (χ1n) is 7.38. The molecule has 7 nitrogen and oxygen atoms in total. The van der Waals surface area contributed by atoms with Gasteiger partial charge in [-0.2, -0.15) is 0 Å². The molecule has 0 rings (SSSR count). The predicted octanol–water partition coefficient (Wildman–Crippen LogP) is 1.86. The van der Waals surface area contributed by atoms with Gasteiger partial charge in [0.25, 0.3) is 0 Å². The van der Waals surface area contributed by atoms with Crippen molar-refractivity contribution in [3.05, 3.63) is 34.9 Å². The number of carboxylic acid groups (broad SMARTS) is 2. The first-order chi connectivity index (χ1) is 11.1. The van der Waals surface area contributed by atoms with Crippen molar-refractivity contribution in [1.82, 2.24) is 4.90 Å². The number of esters is 1. The van der Waals surface area contributed by atoms with E-state index in [2.05, 4.69) is 0 Å². The Labute approximate surface area is 141 Å². The fraction of sp³-hybridized carbons (Fsp3) is 0.471. The minimum atomic E-state index is -1.06. The van der Waals surface area contributed by atoms with Crippen LogP contribution in [-0.2, 0) is 19.1 Å². The maximum atomic E-state index is 11.8. The van der Waals surface area contributed by atoms with E-state index in [-0.39, 0.29) is 23.8 Å². The maximum absolute atomic E-state index is 11.8. The molecule has 0 fully saturated rings. The largest absolute Gasteiger partial charge is 0.478 e. The Morgan fingerprint density at radius 2 is 1.50 bits per heavy atom. The average Bonchev–Trinajstić information content (AvgIpc) is 2.49. The smallest absolute Gasteiger partial charge is 0.333 e. The van der Waals surface area contributed by atoms with Crippen molar-refractivity contribution >= 4 is 17.9 Å². The second-order valence-corrected chi connectivity index (χ2v) is 5.60. The van der Waals surface area contributed by atoms with Gasteiger partial charge in [-0.25, -0.2) is 14.4 Å². The zero-order chi connectivity index (χ0) is 18.9. The van der Waals surface area contributed by atoms with Crippen LogP contribution in [0.2, 0.25) is 0 Å². The van der Waals surface area contributed by atoms with E-state index in [0.717, 1.165) is 0 Å². The summed E-state index contributed by atoms with van der Waals surface area (Å²) in [4.78, 5) is 35.2. The quantitative estimate of drug-likeness (QED) is 0.488. The van der Waals surface area contributed by atoms with Gasteiger partial charge in [-0.05, 0) is 47.4 Å². The molecular formula is C17H25NO6. The Balaban J connectivity index is 4.78. The van der Waals surface area contributed by atoms with Crippen LogP contribution in [0.4, 0.5) is 0 Å². The number of ether oxygens (including phenoxy) is 1. The van der Waals surface area contributed by atoms with E-state index in [4.69, 9.17) is 14.9 Å². The number of nitrogens with zero attached hydrogens (tertiary/aromatic N) is 1. The molecule has 0 saturated carbocycles. The number of carboxylic acids is 2. The van der Waals surface area contributed by atoms with Crippen molar-refractivity contribution in [2.45, 2.75) is 33.2 Å². The van der Waals surface area contributed by atoms with E-state index >= 15 is 0 Å². The summed E-state index contributed by atoms with van der Waals surface area (Å²) < 4.78 is 4.97.